The molecule has 0 saturated heterocycles. The van der Waals surface area contributed by atoms with Crippen LogP contribution >= 0.6 is 10.8 Å². The van der Waals surface area contributed by atoms with Crippen molar-refractivity contribution in [2.24, 2.45) is 0 Å². The van der Waals surface area contributed by atoms with E-state index in [4.69, 9.17) is 4.74 Å². The predicted molar refractivity (Wildman–Crippen MR) is 128 cm³/mol. The number of benzene rings is 2. The maximum Gasteiger partial charge on any atom is 0.407 e. The number of alkyl carbamates (subject to hydrolysis) is 1. The Morgan fingerprint density at radius 1 is 1.21 bits per heavy atom. The molecule has 0 saturated carbocycles. The molecule has 11 heteroatoms. The second kappa shape index (κ2) is 10.4. The number of fused-ring (bicyclic) bond motifs is 1. The van der Waals surface area contributed by atoms with Crippen LogP contribution in [0.25, 0.3) is 0 Å². The molecule has 34 heavy (non-hydrogen) atoms. The quantitative estimate of drug-likeness (QED) is 0.338. The van der Waals surface area contributed by atoms with Crippen molar-refractivity contribution in [3.63, 3.8) is 0 Å². The van der Waals surface area contributed by atoms with Crippen LogP contribution in [0.15, 0.2) is 42.5 Å². The molecule has 188 valence electrons. The zero-order valence-corrected chi connectivity index (χ0v) is 20.0. The molecular weight excluding hydrogens is 468 g/mol. The highest BCUT2D eigenvalue weighted by Crippen LogP contribution is 2.48. The smallest absolute Gasteiger partial charge is 0.407 e. The lowest BCUT2D eigenvalue weighted by molar-refractivity contribution is 0.0420. The summed E-state index contributed by atoms with van der Waals surface area (Å²) in [5, 5.41) is 16.6. The lowest BCUT2D eigenvalue weighted by atomic mass is 10.00. The van der Waals surface area contributed by atoms with Gasteiger partial charge in [-0.1, -0.05) is 18.2 Å². The van der Waals surface area contributed by atoms with Crippen LogP contribution in [0.4, 0.5) is 19.3 Å². The summed E-state index contributed by atoms with van der Waals surface area (Å²) in [6, 6.07) is 8.70. The fourth-order valence-electron chi connectivity index (χ4n) is 3.73. The van der Waals surface area contributed by atoms with Gasteiger partial charge in [0.05, 0.1) is 29.6 Å². The minimum atomic E-state index is -3.08. The first-order valence-corrected chi connectivity index (χ1v) is 12.5. The van der Waals surface area contributed by atoms with Gasteiger partial charge in [0, 0.05) is 12.6 Å². The number of hydrogen-bond acceptors (Lipinski definition) is 7. The Labute approximate surface area is 199 Å². The first-order valence-electron chi connectivity index (χ1n) is 10.8. The second-order valence-corrected chi connectivity index (χ2v) is 11.2. The van der Waals surface area contributed by atoms with E-state index in [1.54, 1.807) is 32.9 Å². The summed E-state index contributed by atoms with van der Waals surface area (Å²) in [4.78, 5) is 12.4. The summed E-state index contributed by atoms with van der Waals surface area (Å²) in [5.41, 5.74) is 0.832. The second-order valence-electron chi connectivity index (χ2n) is 9.29. The zero-order valence-electron chi connectivity index (χ0n) is 19.2. The molecule has 0 fully saturated rings. The maximum absolute atomic E-state index is 13.7. The molecule has 1 amide bonds. The van der Waals surface area contributed by atoms with E-state index in [1.807, 2.05) is 12.1 Å². The summed E-state index contributed by atoms with van der Waals surface area (Å²) < 4.78 is 55.8. The molecular formula is C23H31F2N3O5S. The Balaban J connectivity index is 1.75. The molecule has 6 N–H and O–H groups in total. The van der Waals surface area contributed by atoms with Gasteiger partial charge in [-0.15, -0.1) is 10.8 Å². The summed E-state index contributed by atoms with van der Waals surface area (Å²) in [5.74, 6) is -1.55. The number of aliphatic hydroxyl groups excluding tert-OH is 1. The van der Waals surface area contributed by atoms with Crippen molar-refractivity contribution < 1.29 is 32.5 Å². The number of carbonyl (C=O) groups is 1. The molecule has 1 heterocycles. The molecule has 1 aliphatic rings. The predicted octanol–water partition coefficient (Wildman–Crippen LogP) is 4.18. The lowest BCUT2D eigenvalue weighted by Gasteiger charge is -2.42. The molecule has 0 aliphatic carbocycles. The molecule has 2 aromatic rings. The third-order valence-corrected chi connectivity index (χ3v) is 6.47. The monoisotopic (exact) mass is 499 g/mol. The third kappa shape index (κ3) is 7.54. The summed E-state index contributed by atoms with van der Waals surface area (Å²) in [6.45, 7) is 5.02. The molecule has 1 aliphatic heterocycles. The number of anilines is 1. The molecule has 3 rings (SSSR count). The minimum Gasteiger partial charge on any atom is -0.444 e. The standard InChI is InChI=1S/C23H31F2N3O5S/c1-23(2,3)33-22(30)27-19(10-14-8-15(24)11-16(25)9-14)21(29)12-26-20-13-34(31,32)28-18-7-5-4-6-17(18)20/h4-9,11,19-21,26,28-29,31-32H,10,12-13H2,1-3H3,(H,27,30)/t19-,20?,21+/m0/s1. The van der Waals surface area contributed by atoms with Crippen molar-refractivity contribution in [2.75, 3.05) is 17.0 Å². The SMILES string of the molecule is CC(C)(C)OC(=O)N[C@@H](Cc1cc(F)cc(F)c1)[C@H](O)CNC1CS(O)(O)Nc2ccccc21. The number of para-hydroxylation sites is 1. The number of halogens is 2. The van der Waals surface area contributed by atoms with E-state index in [2.05, 4.69) is 15.4 Å². The number of carbonyl (C=O) groups excluding carboxylic acids is 1. The van der Waals surface area contributed by atoms with E-state index in [0.717, 1.165) is 23.8 Å². The molecule has 1 unspecified atom stereocenters. The van der Waals surface area contributed by atoms with Crippen LogP contribution in [-0.4, -0.2) is 50.3 Å². The van der Waals surface area contributed by atoms with Gasteiger partial charge in [-0.2, -0.15) is 0 Å². The van der Waals surface area contributed by atoms with Gasteiger partial charge in [-0.05, 0) is 56.5 Å². The van der Waals surface area contributed by atoms with Crippen molar-refractivity contribution in [3.8, 4) is 0 Å². The van der Waals surface area contributed by atoms with E-state index >= 15 is 0 Å². The number of amides is 1. The first kappa shape index (κ1) is 26.2. The van der Waals surface area contributed by atoms with Gasteiger partial charge in [0.2, 0.25) is 0 Å². The fraction of sp³-hybridized carbons (Fsp3) is 0.435. The minimum absolute atomic E-state index is 0.0179. The Bertz CT molecular complexity index is 998. The number of ether oxygens (including phenoxy) is 1. The van der Waals surface area contributed by atoms with Gasteiger partial charge in [-0.25, -0.2) is 13.6 Å². The highest BCUT2D eigenvalue weighted by molar-refractivity contribution is 8.25. The van der Waals surface area contributed by atoms with Crippen LogP contribution in [0.5, 0.6) is 0 Å². The normalized spacial score (nSPS) is 19.8. The number of nitrogens with one attached hydrogen (secondary N) is 3. The zero-order chi connectivity index (χ0) is 25.1. The molecule has 8 nitrogen and oxygen atoms in total. The third-order valence-electron chi connectivity index (χ3n) is 5.13. The van der Waals surface area contributed by atoms with Crippen molar-refractivity contribution in [1.29, 1.82) is 0 Å². The van der Waals surface area contributed by atoms with Crippen molar-refractivity contribution in [1.82, 2.24) is 10.6 Å². The number of hydrogen-bond donors (Lipinski definition) is 6. The summed E-state index contributed by atoms with van der Waals surface area (Å²) in [6.07, 6.45) is -2.04. The Morgan fingerprint density at radius 3 is 2.50 bits per heavy atom. The molecule has 2 aromatic carbocycles. The molecule has 0 aromatic heterocycles. The average Bonchev–Trinajstić information content (AvgIpc) is 2.68. The number of aliphatic hydroxyl groups is 1. The Morgan fingerprint density at radius 2 is 1.85 bits per heavy atom. The average molecular weight is 500 g/mol. The lowest BCUT2D eigenvalue weighted by Crippen LogP contribution is -2.50. The molecule has 0 spiro atoms. The van der Waals surface area contributed by atoms with Gasteiger partial charge in [0.1, 0.15) is 17.2 Å². The highest BCUT2D eigenvalue weighted by atomic mass is 32.3. The van der Waals surface area contributed by atoms with Gasteiger partial charge in [-0.3, -0.25) is 13.8 Å². The Kier molecular flexibility index (Phi) is 8.04. The van der Waals surface area contributed by atoms with E-state index in [9.17, 15) is 27.8 Å². The van der Waals surface area contributed by atoms with Crippen molar-refractivity contribution in [3.05, 3.63) is 65.2 Å². The largest absolute Gasteiger partial charge is 0.444 e. The molecule has 0 bridgehead atoms. The molecule has 0 radical (unpaired) electrons. The fourth-order valence-corrected chi connectivity index (χ4v) is 5.12. The topological polar surface area (TPSA) is 123 Å². The highest BCUT2D eigenvalue weighted by Gasteiger charge is 2.31. The Hall–Kier alpha value is -2.44. The van der Waals surface area contributed by atoms with Gasteiger partial charge < -0.3 is 20.5 Å². The van der Waals surface area contributed by atoms with Gasteiger partial charge in [0.25, 0.3) is 0 Å². The van der Waals surface area contributed by atoms with Crippen molar-refractivity contribution in [2.45, 2.75) is 51.0 Å². The van der Waals surface area contributed by atoms with E-state index in [0.29, 0.717) is 5.69 Å². The maximum atomic E-state index is 13.7. The van der Waals surface area contributed by atoms with E-state index in [-0.39, 0.29) is 24.3 Å². The van der Waals surface area contributed by atoms with Crippen LogP contribution in [0.3, 0.4) is 0 Å². The van der Waals surface area contributed by atoms with E-state index < -0.39 is 52.3 Å². The van der Waals surface area contributed by atoms with Crippen LogP contribution in [0.2, 0.25) is 0 Å². The van der Waals surface area contributed by atoms with Crippen LogP contribution in [0.1, 0.15) is 37.9 Å². The molecule has 3 atom stereocenters. The van der Waals surface area contributed by atoms with Crippen molar-refractivity contribution >= 4 is 22.6 Å². The van der Waals surface area contributed by atoms with Crippen LogP contribution in [-0.2, 0) is 11.2 Å². The van der Waals surface area contributed by atoms with Crippen LogP contribution in [0, 0.1) is 11.6 Å². The first-order chi connectivity index (χ1) is 15.8. The summed E-state index contributed by atoms with van der Waals surface area (Å²) >= 11 is 0. The van der Waals surface area contributed by atoms with Gasteiger partial charge in [0.15, 0.2) is 0 Å². The number of rotatable bonds is 7. The van der Waals surface area contributed by atoms with Crippen LogP contribution < -0.4 is 15.4 Å². The summed E-state index contributed by atoms with van der Waals surface area (Å²) in [7, 11) is -3.08. The van der Waals surface area contributed by atoms with E-state index in [1.165, 1.54) is 0 Å². The van der Waals surface area contributed by atoms with Gasteiger partial charge >= 0.3 is 6.09 Å².